The third-order valence-corrected chi connectivity index (χ3v) is 1.80. The van der Waals surface area contributed by atoms with Crippen molar-refractivity contribution in [2.45, 2.75) is 19.9 Å². The lowest BCUT2D eigenvalue weighted by Crippen LogP contribution is -2.34. The summed E-state index contributed by atoms with van der Waals surface area (Å²) in [5.41, 5.74) is 0. The summed E-state index contributed by atoms with van der Waals surface area (Å²) in [5, 5.41) is 11.7. The van der Waals surface area contributed by atoms with Crippen molar-refractivity contribution in [3.63, 3.8) is 0 Å². The van der Waals surface area contributed by atoms with Crippen LogP contribution in [0.25, 0.3) is 0 Å². The number of carboxylic acid groups (broad SMARTS) is 1. The highest BCUT2D eigenvalue weighted by atomic mass is 16.4. The van der Waals surface area contributed by atoms with Crippen molar-refractivity contribution in [1.82, 2.24) is 9.97 Å². The van der Waals surface area contributed by atoms with Gasteiger partial charge in [-0.25, -0.2) is 9.78 Å². The maximum atomic E-state index is 10.8. The highest BCUT2D eigenvalue weighted by Gasteiger charge is 2.21. The van der Waals surface area contributed by atoms with Crippen LogP contribution >= 0.6 is 0 Å². The molecule has 5 heteroatoms. The van der Waals surface area contributed by atoms with Crippen LogP contribution in [-0.4, -0.2) is 27.1 Å². The van der Waals surface area contributed by atoms with Gasteiger partial charge in [0, 0.05) is 12.4 Å². The van der Waals surface area contributed by atoms with E-state index in [9.17, 15) is 4.79 Å². The minimum absolute atomic E-state index is 0.00509. The Morgan fingerprint density at radius 2 is 2.21 bits per heavy atom. The molecule has 1 heterocycles. The molecule has 0 saturated heterocycles. The van der Waals surface area contributed by atoms with Crippen molar-refractivity contribution in [1.29, 1.82) is 0 Å². The molecule has 0 amide bonds. The van der Waals surface area contributed by atoms with Gasteiger partial charge in [0.15, 0.2) is 0 Å². The van der Waals surface area contributed by atoms with E-state index in [2.05, 4.69) is 15.3 Å². The summed E-state index contributed by atoms with van der Waals surface area (Å²) in [5.74, 6) is -0.409. The van der Waals surface area contributed by atoms with Crippen LogP contribution in [0, 0.1) is 5.92 Å². The zero-order chi connectivity index (χ0) is 10.6. The molecule has 0 aromatic carbocycles. The van der Waals surface area contributed by atoms with E-state index in [1.807, 2.05) is 13.8 Å². The van der Waals surface area contributed by atoms with Crippen LogP contribution in [0.3, 0.4) is 0 Å². The topological polar surface area (TPSA) is 75.1 Å². The van der Waals surface area contributed by atoms with Gasteiger partial charge in [-0.05, 0) is 5.92 Å². The van der Waals surface area contributed by atoms with Crippen LogP contribution in [0.4, 0.5) is 5.82 Å². The standard InChI is InChI=1S/C9H13N3O2/c1-6(2)8(9(13)14)12-7-5-10-3-4-11-7/h3-6,8H,1-2H3,(H,11,12)(H,13,14)/t8-/m1/s1. The monoisotopic (exact) mass is 195 g/mol. The first kappa shape index (κ1) is 10.4. The fraction of sp³-hybridized carbons (Fsp3) is 0.444. The van der Waals surface area contributed by atoms with Crippen LogP contribution in [0.15, 0.2) is 18.6 Å². The summed E-state index contributed by atoms with van der Waals surface area (Å²) in [6.07, 6.45) is 4.55. The summed E-state index contributed by atoms with van der Waals surface area (Å²) in [6, 6.07) is -0.633. The van der Waals surface area contributed by atoms with E-state index >= 15 is 0 Å². The van der Waals surface area contributed by atoms with Crippen LogP contribution < -0.4 is 5.32 Å². The average Bonchev–Trinajstić information content (AvgIpc) is 2.15. The minimum atomic E-state index is -0.884. The third-order valence-electron chi connectivity index (χ3n) is 1.80. The predicted molar refractivity (Wildman–Crippen MR) is 51.9 cm³/mol. The SMILES string of the molecule is CC(C)[C@@H](Nc1cnccn1)C(=O)O. The first-order valence-electron chi connectivity index (χ1n) is 4.36. The molecule has 76 valence electrons. The highest BCUT2D eigenvalue weighted by molar-refractivity contribution is 5.77. The van der Waals surface area contributed by atoms with Crippen molar-refractivity contribution in [2.75, 3.05) is 5.32 Å². The Labute approximate surface area is 82.2 Å². The lowest BCUT2D eigenvalue weighted by molar-refractivity contribution is -0.138. The normalized spacial score (nSPS) is 12.5. The largest absolute Gasteiger partial charge is 0.480 e. The Kier molecular flexibility index (Phi) is 3.39. The maximum absolute atomic E-state index is 10.8. The quantitative estimate of drug-likeness (QED) is 0.749. The molecule has 1 aromatic heterocycles. The highest BCUT2D eigenvalue weighted by Crippen LogP contribution is 2.08. The number of hydrogen-bond acceptors (Lipinski definition) is 4. The first-order chi connectivity index (χ1) is 6.61. The molecular formula is C9H13N3O2. The molecule has 14 heavy (non-hydrogen) atoms. The van der Waals surface area contributed by atoms with Crippen molar-refractivity contribution in [3.8, 4) is 0 Å². The van der Waals surface area contributed by atoms with Crippen molar-refractivity contribution in [3.05, 3.63) is 18.6 Å². The summed E-state index contributed by atoms with van der Waals surface area (Å²) >= 11 is 0. The molecule has 0 fully saturated rings. The van der Waals surface area contributed by atoms with Crippen molar-refractivity contribution < 1.29 is 9.90 Å². The second-order valence-electron chi connectivity index (χ2n) is 3.29. The number of aliphatic carboxylic acids is 1. The molecule has 0 saturated carbocycles. The van der Waals surface area contributed by atoms with Gasteiger partial charge in [0.2, 0.25) is 0 Å². The van der Waals surface area contributed by atoms with Crippen molar-refractivity contribution in [2.24, 2.45) is 5.92 Å². The maximum Gasteiger partial charge on any atom is 0.326 e. The smallest absolute Gasteiger partial charge is 0.326 e. The Balaban J connectivity index is 2.70. The molecule has 0 aliphatic heterocycles. The summed E-state index contributed by atoms with van der Waals surface area (Å²) in [6.45, 7) is 3.67. The molecule has 0 radical (unpaired) electrons. The zero-order valence-electron chi connectivity index (χ0n) is 8.14. The summed E-state index contributed by atoms with van der Waals surface area (Å²) < 4.78 is 0. The number of hydrogen-bond donors (Lipinski definition) is 2. The van der Waals surface area contributed by atoms with E-state index in [4.69, 9.17) is 5.11 Å². The van der Waals surface area contributed by atoms with E-state index in [0.29, 0.717) is 5.82 Å². The number of carbonyl (C=O) groups is 1. The lowest BCUT2D eigenvalue weighted by atomic mass is 10.1. The fourth-order valence-electron chi connectivity index (χ4n) is 1.05. The molecule has 1 aromatic rings. The number of nitrogens with zero attached hydrogens (tertiary/aromatic N) is 2. The summed E-state index contributed by atoms with van der Waals surface area (Å²) in [4.78, 5) is 18.6. The number of nitrogens with one attached hydrogen (secondary N) is 1. The molecule has 5 nitrogen and oxygen atoms in total. The molecular weight excluding hydrogens is 182 g/mol. The average molecular weight is 195 g/mol. The Morgan fingerprint density at radius 3 is 2.64 bits per heavy atom. The molecule has 1 rings (SSSR count). The van der Waals surface area contributed by atoms with E-state index in [0.717, 1.165) is 0 Å². The van der Waals surface area contributed by atoms with Gasteiger partial charge in [-0.2, -0.15) is 0 Å². The van der Waals surface area contributed by atoms with Crippen LogP contribution in [0.1, 0.15) is 13.8 Å². The molecule has 0 aliphatic rings. The number of rotatable bonds is 4. The third kappa shape index (κ3) is 2.69. The number of carboxylic acids is 1. The van der Waals surface area contributed by atoms with Gasteiger partial charge in [-0.15, -0.1) is 0 Å². The zero-order valence-corrected chi connectivity index (χ0v) is 8.14. The van der Waals surface area contributed by atoms with Gasteiger partial charge in [0.05, 0.1) is 6.20 Å². The van der Waals surface area contributed by atoms with Crippen LogP contribution in [-0.2, 0) is 4.79 Å². The summed E-state index contributed by atoms with van der Waals surface area (Å²) in [7, 11) is 0. The molecule has 2 N–H and O–H groups in total. The van der Waals surface area contributed by atoms with Crippen LogP contribution in [0.2, 0.25) is 0 Å². The predicted octanol–water partition coefficient (Wildman–Crippen LogP) is 0.998. The second-order valence-corrected chi connectivity index (χ2v) is 3.29. The molecule has 0 spiro atoms. The van der Waals surface area contributed by atoms with Gasteiger partial charge in [0.1, 0.15) is 11.9 Å². The van der Waals surface area contributed by atoms with Gasteiger partial charge in [-0.1, -0.05) is 13.8 Å². The second kappa shape index (κ2) is 4.55. The molecule has 0 unspecified atom stereocenters. The van der Waals surface area contributed by atoms with E-state index in [-0.39, 0.29) is 5.92 Å². The van der Waals surface area contributed by atoms with Gasteiger partial charge < -0.3 is 10.4 Å². The molecule has 0 bridgehead atoms. The minimum Gasteiger partial charge on any atom is -0.480 e. The van der Waals surface area contributed by atoms with Gasteiger partial charge in [0.25, 0.3) is 0 Å². The van der Waals surface area contributed by atoms with Crippen LogP contribution in [0.5, 0.6) is 0 Å². The fourth-order valence-corrected chi connectivity index (χ4v) is 1.05. The Morgan fingerprint density at radius 1 is 1.50 bits per heavy atom. The molecule has 0 aliphatic carbocycles. The number of aromatic nitrogens is 2. The van der Waals surface area contributed by atoms with E-state index in [1.54, 1.807) is 0 Å². The Hall–Kier alpha value is -1.65. The van der Waals surface area contributed by atoms with E-state index < -0.39 is 12.0 Å². The first-order valence-corrected chi connectivity index (χ1v) is 4.36. The Bertz CT molecular complexity index is 300. The van der Waals surface area contributed by atoms with Gasteiger partial charge in [-0.3, -0.25) is 4.98 Å². The number of anilines is 1. The van der Waals surface area contributed by atoms with Gasteiger partial charge >= 0.3 is 5.97 Å². The lowest BCUT2D eigenvalue weighted by Gasteiger charge is -2.17. The molecule has 1 atom stereocenters. The van der Waals surface area contributed by atoms with E-state index in [1.165, 1.54) is 18.6 Å². The van der Waals surface area contributed by atoms with Crippen molar-refractivity contribution >= 4 is 11.8 Å².